The first-order chi connectivity index (χ1) is 8.67. The first kappa shape index (κ1) is 15.8. The number of nitrogens with two attached hydrogens (primary N) is 1. The fraction of sp³-hybridized carbons (Fsp3) is 0.500. The molecule has 0 bridgehead atoms. The van der Waals surface area contributed by atoms with Crippen LogP contribution in [0.2, 0.25) is 5.02 Å². The highest BCUT2D eigenvalue weighted by Gasteiger charge is 2.17. The molecule has 5 heteroatoms. The van der Waals surface area contributed by atoms with Crippen LogP contribution in [0.4, 0.5) is 10.5 Å². The molecule has 19 heavy (non-hydrogen) atoms. The maximum Gasteiger partial charge on any atom is 0.412 e. The van der Waals surface area contributed by atoms with E-state index in [1.165, 1.54) is 0 Å². The second kappa shape index (κ2) is 6.26. The second-order valence-corrected chi connectivity index (χ2v) is 6.03. The van der Waals surface area contributed by atoms with Gasteiger partial charge in [-0.25, -0.2) is 4.79 Å². The molecule has 0 aliphatic rings. The van der Waals surface area contributed by atoms with Crippen molar-refractivity contribution in [3.8, 4) is 0 Å². The zero-order valence-electron chi connectivity index (χ0n) is 11.8. The molecule has 1 amide bonds. The minimum atomic E-state index is -0.542. The van der Waals surface area contributed by atoms with E-state index < -0.39 is 11.7 Å². The van der Waals surface area contributed by atoms with Crippen molar-refractivity contribution in [1.29, 1.82) is 0 Å². The van der Waals surface area contributed by atoms with Crippen LogP contribution in [0.25, 0.3) is 0 Å². The van der Waals surface area contributed by atoms with Gasteiger partial charge in [0.25, 0.3) is 0 Å². The van der Waals surface area contributed by atoms with Crippen LogP contribution >= 0.6 is 11.6 Å². The van der Waals surface area contributed by atoms with E-state index in [1.807, 2.05) is 19.1 Å². The number of anilines is 1. The van der Waals surface area contributed by atoms with Gasteiger partial charge in [-0.15, -0.1) is 0 Å². The maximum absolute atomic E-state index is 11.7. The second-order valence-electron chi connectivity index (χ2n) is 5.62. The first-order valence-corrected chi connectivity index (χ1v) is 6.59. The van der Waals surface area contributed by atoms with Gasteiger partial charge in [0.1, 0.15) is 5.60 Å². The molecule has 0 radical (unpaired) electrons. The number of hydrogen-bond acceptors (Lipinski definition) is 3. The Morgan fingerprint density at radius 1 is 1.47 bits per heavy atom. The molecule has 0 heterocycles. The number of nitrogens with one attached hydrogen (secondary N) is 1. The van der Waals surface area contributed by atoms with E-state index >= 15 is 0 Å². The molecule has 4 nitrogen and oxygen atoms in total. The van der Waals surface area contributed by atoms with Crippen LogP contribution in [0.3, 0.4) is 0 Å². The molecular formula is C14H21ClN2O2. The molecule has 0 saturated carbocycles. The molecule has 1 atom stereocenters. The Morgan fingerprint density at radius 2 is 2.11 bits per heavy atom. The predicted molar refractivity (Wildman–Crippen MR) is 78.7 cm³/mol. The highest BCUT2D eigenvalue weighted by atomic mass is 35.5. The number of ether oxygens (including phenoxy) is 1. The number of benzene rings is 1. The molecule has 0 aliphatic carbocycles. The molecular weight excluding hydrogens is 264 g/mol. The Morgan fingerprint density at radius 3 is 2.63 bits per heavy atom. The number of carbonyl (C=O) groups excluding carboxylic acids is 1. The van der Waals surface area contributed by atoms with Gasteiger partial charge in [0, 0.05) is 6.04 Å². The highest BCUT2D eigenvalue weighted by molar-refractivity contribution is 6.33. The van der Waals surface area contributed by atoms with Crippen molar-refractivity contribution in [3.63, 3.8) is 0 Å². The van der Waals surface area contributed by atoms with E-state index in [0.29, 0.717) is 10.7 Å². The Labute approximate surface area is 119 Å². The Kier molecular flexibility index (Phi) is 5.20. The molecule has 0 unspecified atom stereocenters. The first-order valence-electron chi connectivity index (χ1n) is 6.21. The van der Waals surface area contributed by atoms with Crippen LogP contribution in [0.15, 0.2) is 18.2 Å². The lowest BCUT2D eigenvalue weighted by atomic mass is 10.1. The minimum Gasteiger partial charge on any atom is -0.444 e. The lowest BCUT2D eigenvalue weighted by Gasteiger charge is -2.20. The molecule has 0 aliphatic heterocycles. The van der Waals surface area contributed by atoms with Crippen LogP contribution in [-0.2, 0) is 11.2 Å². The third-order valence-corrected chi connectivity index (χ3v) is 2.55. The number of hydrogen-bond donors (Lipinski definition) is 2. The standard InChI is InChI=1S/C14H21ClN2O2/c1-9(16)7-10-5-6-11(15)12(8-10)17-13(18)19-14(2,3)4/h5-6,8-9H,7,16H2,1-4H3,(H,17,18)/t9-/m0/s1. The molecule has 0 spiro atoms. The molecule has 1 aromatic rings. The van der Waals surface area contributed by atoms with Crippen molar-refractivity contribution in [2.24, 2.45) is 5.73 Å². The molecule has 1 rings (SSSR count). The summed E-state index contributed by atoms with van der Waals surface area (Å²) in [7, 11) is 0. The number of halogens is 1. The summed E-state index contributed by atoms with van der Waals surface area (Å²) in [4.78, 5) is 11.7. The quantitative estimate of drug-likeness (QED) is 0.892. The lowest BCUT2D eigenvalue weighted by molar-refractivity contribution is 0.0636. The van der Waals surface area contributed by atoms with Gasteiger partial charge in [0.15, 0.2) is 0 Å². The van der Waals surface area contributed by atoms with E-state index in [4.69, 9.17) is 22.1 Å². The monoisotopic (exact) mass is 284 g/mol. The average molecular weight is 285 g/mol. The van der Waals surface area contributed by atoms with E-state index in [-0.39, 0.29) is 6.04 Å². The van der Waals surface area contributed by atoms with Crippen molar-refractivity contribution in [2.45, 2.75) is 45.8 Å². The van der Waals surface area contributed by atoms with Gasteiger partial charge in [-0.2, -0.15) is 0 Å². The smallest absolute Gasteiger partial charge is 0.412 e. The summed E-state index contributed by atoms with van der Waals surface area (Å²) in [5.74, 6) is 0. The number of carbonyl (C=O) groups is 1. The zero-order valence-corrected chi connectivity index (χ0v) is 12.5. The van der Waals surface area contributed by atoms with Gasteiger partial charge >= 0.3 is 6.09 Å². The average Bonchev–Trinajstić information content (AvgIpc) is 2.19. The molecule has 106 valence electrons. The van der Waals surface area contributed by atoms with Gasteiger partial charge in [-0.05, 0) is 51.8 Å². The van der Waals surface area contributed by atoms with E-state index in [2.05, 4.69) is 5.32 Å². The van der Waals surface area contributed by atoms with E-state index in [0.717, 1.165) is 12.0 Å². The predicted octanol–water partition coefficient (Wildman–Crippen LogP) is 3.58. The van der Waals surface area contributed by atoms with Gasteiger partial charge < -0.3 is 10.5 Å². The van der Waals surface area contributed by atoms with Gasteiger partial charge in [-0.3, -0.25) is 5.32 Å². The van der Waals surface area contributed by atoms with E-state index in [1.54, 1.807) is 26.8 Å². The number of rotatable bonds is 3. The Hall–Kier alpha value is -1.26. The zero-order chi connectivity index (χ0) is 14.6. The van der Waals surface area contributed by atoms with Gasteiger partial charge in [0.05, 0.1) is 10.7 Å². The van der Waals surface area contributed by atoms with Crippen LogP contribution in [0, 0.1) is 0 Å². The van der Waals surface area contributed by atoms with Crippen molar-refractivity contribution >= 4 is 23.4 Å². The summed E-state index contributed by atoms with van der Waals surface area (Å²) in [6.45, 7) is 7.34. The summed E-state index contributed by atoms with van der Waals surface area (Å²) in [5.41, 5.74) is 6.77. The van der Waals surface area contributed by atoms with Crippen LogP contribution < -0.4 is 11.1 Å². The summed E-state index contributed by atoms with van der Waals surface area (Å²) in [6.07, 6.45) is 0.201. The van der Waals surface area contributed by atoms with E-state index in [9.17, 15) is 4.79 Å². The summed E-state index contributed by atoms with van der Waals surface area (Å²) >= 11 is 6.05. The van der Waals surface area contributed by atoms with Crippen molar-refractivity contribution in [1.82, 2.24) is 0 Å². The van der Waals surface area contributed by atoms with Crippen molar-refractivity contribution in [2.75, 3.05) is 5.32 Å². The summed E-state index contributed by atoms with van der Waals surface area (Å²) in [5, 5.41) is 3.12. The molecule has 0 saturated heterocycles. The van der Waals surface area contributed by atoms with Crippen LogP contribution in [0.5, 0.6) is 0 Å². The van der Waals surface area contributed by atoms with Crippen LogP contribution in [-0.4, -0.2) is 17.7 Å². The maximum atomic E-state index is 11.7. The highest BCUT2D eigenvalue weighted by Crippen LogP contribution is 2.24. The third-order valence-electron chi connectivity index (χ3n) is 2.22. The van der Waals surface area contributed by atoms with Gasteiger partial charge in [-0.1, -0.05) is 17.7 Å². The normalized spacial score (nSPS) is 12.9. The lowest BCUT2D eigenvalue weighted by Crippen LogP contribution is -2.27. The van der Waals surface area contributed by atoms with Gasteiger partial charge in [0.2, 0.25) is 0 Å². The Balaban J connectivity index is 2.79. The molecule has 1 aromatic carbocycles. The summed E-state index contributed by atoms with van der Waals surface area (Å²) in [6, 6.07) is 5.50. The fourth-order valence-corrected chi connectivity index (χ4v) is 1.75. The van der Waals surface area contributed by atoms with Crippen LogP contribution in [0.1, 0.15) is 33.3 Å². The molecule has 3 N–H and O–H groups in total. The topological polar surface area (TPSA) is 64.3 Å². The Bertz CT molecular complexity index is 453. The fourth-order valence-electron chi connectivity index (χ4n) is 1.58. The van der Waals surface area contributed by atoms with Crippen molar-refractivity contribution < 1.29 is 9.53 Å². The van der Waals surface area contributed by atoms with Crippen molar-refractivity contribution in [3.05, 3.63) is 28.8 Å². The summed E-state index contributed by atoms with van der Waals surface area (Å²) < 4.78 is 5.18. The largest absolute Gasteiger partial charge is 0.444 e. The third kappa shape index (κ3) is 5.94. The SMILES string of the molecule is C[C@H](N)Cc1ccc(Cl)c(NC(=O)OC(C)(C)C)c1. The molecule has 0 fully saturated rings. The minimum absolute atomic E-state index is 0.0514. The molecule has 0 aromatic heterocycles. The number of amides is 1.